The van der Waals surface area contributed by atoms with Crippen LogP contribution < -0.4 is 0 Å². The van der Waals surface area contributed by atoms with Crippen molar-refractivity contribution < 1.29 is 18.3 Å². The third-order valence-electron chi connectivity index (χ3n) is 6.63. The van der Waals surface area contributed by atoms with Crippen LogP contribution in [0.2, 0.25) is 0 Å². The molecule has 0 spiro atoms. The van der Waals surface area contributed by atoms with Gasteiger partial charge in [0, 0.05) is 25.9 Å². The number of hydrogen-bond donors (Lipinski definition) is 0. The van der Waals surface area contributed by atoms with Crippen LogP contribution in [0, 0.1) is 11.6 Å². The second-order valence-electron chi connectivity index (χ2n) is 9.03. The molecule has 2 aromatic carbocycles. The lowest BCUT2D eigenvalue weighted by Gasteiger charge is -2.29. The fraction of sp³-hybridized carbons (Fsp3) is 0.571. The summed E-state index contributed by atoms with van der Waals surface area (Å²) in [5, 5.41) is 0. The molecule has 0 amide bonds. The van der Waals surface area contributed by atoms with Crippen molar-refractivity contribution in [2.24, 2.45) is 0 Å². The molecule has 1 aliphatic rings. The zero-order valence-corrected chi connectivity index (χ0v) is 19.7. The second-order valence-corrected chi connectivity index (χ2v) is 9.03. The average molecular weight is 445 g/mol. The molecule has 3 rings (SSSR count). The zero-order valence-electron chi connectivity index (χ0n) is 19.7. The van der Waals surface area contributed by atoms with Crippen molar-refractivity contribution in [2.45, 2.75) is 83.2 Å². The Morgan fingerprint density at radius 3 is 2.16 bits per heavy atom. The van der Waals surface area contributed by atoms with Crippen LogP contribution in [0.1, 0.15) is 81.8 Å². The lowest BCUT2D eigenvalue weighted by Crippen LogP contribution is -2.22. The van der Waals surface area contributed by atoms with E-state index in [0.717, 1.165) is 76.6 Å². The van der Waals surface area contributed by atoms with Crippen LogP contribution in [-0.4, -0.2) is 26.4 Å². The third-order valence-corrected chi connectivity index (χ3v) is 6.63. The van der Waals surface area contributed by atoms with Gasteiger partial charge in [0.2, 0.25) is 0 Å². The standard InChI is InChI=1S/C28H38F2O2/c1-3-8-21-9-11-22(12-10-21)25-17-18-26(28(30)27(25)29)23-13-15-24(16-14-23)32-20-7-5-4-6-19-31-2/h9-12,17-18,23-24H,3-8,13-16,19-20H2,1-2H3. The van der Waals surface area contributed by atoms with Gasteiger partial charge in [-0.1, -0.05) is 62.6 Å². The van der Waals surface area contributed by atoms with Crippen LogP contribution in [0.15, 0.2) is 36.4 Å². The van der Waals surface area contributed by atoms with Crippen LogP contribution in [0.5, 0.6) is 0 Å². The van der Waals surface area contributed by atoms with Crippen LogP contribution in [-0.2, 0) is 15.9 Å². The van der Waals surface area contributed by atoms with E-state index in [1.165, 1.54) is 12.0 Å². The maximum absolute atomic E-state index is 15.0. The molecule has 0 unspecified atom stereocenters. The molecule has 0 heterocycles. The van der Waals surface area contributed by atoms with E-state index in [4.69, 9.17) is 9.47 Å². The minimum atomic E-state index is -0.724. The Morgan fingerprint density at radius 2 is 1.50 bits per heavy atom. The smallest absolute Gasteiger partial charge is 0.166 e. The van der Waals surface area contributed by atoms with Crippen molar-refractivity contribution >= 4 is 0 Å². The predicted molar refractivity (Wildman–Crippen MR) is 127 cm³/mol. The van der Waals surface area contributed by atoms with Crippen molar-refractivity contribution in [3.8, 4) is 11.1 Å². The second kappa shape index (κ2) is 13.1. The lowest BCUT2D eigenvalue weighted by molar-refractivity contribution is 0.0222. The number of methoxy groups -OCH3 is 1. The number of aryl methyl sites for hydroxylation is 1. The van der Waals surface area contributed by atoms with Gasteiger partial charge in [-0.15, -0.1) is 0 Å². The van der Waals surface area contributed by atoms with Gasteiger partial charge in [0.1, 0.15) is 0 Å². The van der Waals surface area contributed by atoms with E-state index in [1.54, 1.807) is 19.2 Å². The summed E-state index contributed by atoms with van der Waals surface area (Å²) in [6.07, 6.45) is 10.3. The minimum absolute atomic E-state index is 0.0689. The molecular weight excluding hydrogens is 406 g/mol. The summed E-state index contributed by atoms with van der Waals surface area (Å²) in [6, 6.07) is 11.3. The molecule has 0 atom stereocenters. The summed E-state index contributed by atoms with van der Waals surface area (Å²) in [7, 11) is 1.74. The molecule has 176 valence electrons. The largest absolute Gasteiger partial charge is 0.385 e. The molecule has 1 fully saturated rings. The number of halogens is 2. The molecule has 4 heteroatoms. The van der Waals surface area contributed by atoms with Crippen molar-refractivity contribution in [3.63, 3.8) is 0 Å². The molecule has 0 N–H and O–H groups in total. The Morgan fingerprint density at radius 1 is 0.812 bits per heavy atom. The fourth-order valence-corrected chi connectivity index (χ4v) is 4.73. The predicted octanol–water partition coefficient (Wildman–Crippen LogP) is 7.83. The summed E-state index contributed by atoms with van der Waals surface area (Å²) >= 11 is 0. The maximum atomic E-state index is 15.0. The number of hydrogen-bond acceptors (Lipinski definition) is 2. The van der Waals surface area contributed by atoms with Crippen LogP contribution >= 0.6 is 0 Å². The molecule has 0 aliphatic heterocycles. The molecule has 0 bridgehead atoms. The Kier molecular flexibility index (Phi) is 10.1. The van der Waals surface area contributed by atoms with Gasteiger partial charge < -0.3 is 9.47 Å². The van der Waals surface area contributed by atoms with E-state index < -0.39 is 11.6 Å². The monoisotopic (exact) mass is 444 g/mol. The number of unbranched alkanes of at least 4 members (excludes halogenated alkanes) is 3. The number of ether oxygens (including phenoxy) is 2. The molecule has 2 nitrogen and oxygen atoms in total. The first-order valence-corrected chi connectivity index (χ1v) is 12.3. The Bertz CT molecular complexity index is 811. The summed E-state index contributed by atoms with van der Waals surface area (Å²) in [5.41, 5.74) is 2.81. The first kappa shape index (κ1) is 24.9. The first-order chi connectivity index (χ1) is 15.6. The summed E-state index contributed by atoms with van der Waals surface area (Å²) in [4.78, 5) is 0. The van der Waals surface area contributed by atoms with E-state index >= 15 is 0 Å². The number of rotatable bonds is 12. The van der Waals surface area contributed by atoms with E-state index in [0.29, 0.717) is 11.1 Å². The Labute approximate surface area is 192 Å². The molecule has 0 radical (unpaired) electrons. The molecule has 2 aromatic rings. The molecule has 0 aromatic heterocycles. The zero-order chi connectivity index (χ0) is 22.8. The maximum Gasteiger partial charge on any atom is 0.166 e. The van der Waals surface area contributed by atoms with Crippen molar-refractivity contribution in [1.82, 2.24) is 0 Å². The Hall–Kier alpha value is -1.78. The van der Waals surface area contributed by atoms with Crippen molar-refractivity contribution in [1.29, 1.82) is 0 Å². The van der Waals surface area contributed by atoms with Gasteiger partial charge >= 0.3 is 0 Å². The van der Waals surface area contributed by atoms with E-state index in [1.807, 2.05) is 24.3 Å². The van der Waals surface area contributed by atoms with Gasteiger partial charge in [0.15, 0.2) is 11.6 Å². The fourth-order valence-electron chi connectivity index (χ4n) is 4.73. The topological polar surface area (TPSA) is 18.5 Å². The molecule has 1 aliphatic carbocycles. The highest BCUT2D eigenvalue weighted by molar-refractivity contribution is 5.65. The van der Waals surface area contributed by atoms with Crippen LogP contribution in [0.3, 0.4) is 0 Å². The third kappa shape index (κ3) is 6.86. The normalized spacial score (nSPS) is 18.8. The quantitative estimate of drug-likeness (QED) is 0.311. The highest BCUT2D eigenvalue weighted by Gasteiger charge is 2.26. The van der Waals surface area contributed by atoms with Crippen LogP contribution in [0.4, 0.5) is 8.78 Å². The Balaban J connectivity index is 1.51. The molecule has 32 heavy (non-hydrogen) atoms. The first-order valence-electron chi connectivity index (χ1n) is 12.3. The van der Waals surface area contributed by atoms with Crippen LogP contribution in [0.25, 0.3) is 11.1 Å². The average Bonchev–Trinajstić information content (AvgIpc) is 2.82. The summed E-state index contributed by atoms with van der Waals surface area (Å²) < 4.78 is 41.0. The van der Waals surface area contributed by atoms with E-state index in [2.05, 4.69) is 6.92 Å². The summed E-state index contributed by atoms with van der Waals surface area (Å²) in [5.74, 6) is -1.34. The number of benzene rings is 2. The molecule has 1 saturated carbocycles. The summed E-state index contributed by atoms with van der Waals surface area (Å²) in [6.45, 7) is 3.75. The van der Waals surface area contributed by atoms with Gasteiger partial charge in [-0.25, -0.2) is 8.78 Å². The van der Waals surface area contributed by atoms with Gasteiger partial charge in [-0.05, 0) is 67.6 Å². The van der Waals surface area contributed by atoms with Gasteiger partial charge in [0.25, 0.3) is 0 Å². The van der Waals surface area contributed by atoms with E-state index in [-0.39, 0.29) is 12.0 Å². The molecule has 0 saturated heterocycles. The minimum Gasteiger partial charge on any atom is -0.385 e. The molecular formula is C28H38F2O2. The highest BCUT2D eigenvalue weighted by Crippen LogP contribution is 2.38. The van der Waals surface area contributed by atoms with Crippen molar-refractivity contribution in [3.05, 3.63) is 59.2 Å². The van der Waals surface area contributed by atoms with Gasteiger partial charge in [-0.3, -0.25) is 0 Å². The van der Waals surface area contributed by atoms with Gasteiger partial charge in [-0.2, -0.15) is 0 Å². The SMILES string of the molecule is CCCc1ccc(-c2ccc(C3CCC(OCCCCCCOC)CC3)c(F)c2F)cc1. The highest BCUT2D eigenvalue weighted by atomic mass is 19.2. The van der Waals surface area contributed by atoms with E-state index in [9.17, 15) is 8.78 Å². The van der Waals surface area contributed by atoms with Gasteiger partial charge in [0.05, 0.1) is 6.10 Å². The lowest BCUT2D eigenvalue weighted by atomic mass is 9.82. The van der Waals surface area contributed by atoms with Crippen molar-refractivity contribution in [2.75, 3.05) is 20.3 Å².